The van der Waals surface area contributed by atoms with Gasteiger partial charge < -0.3 is 5.73 Å². The molecule has 0 saturated heterocycles. The Morgan fingerprint density at radius 3 is 2.24 bits per heavy atom. The second-order valence-corrected chi connectivity index (χ2v) is 5.01. The number of benzene rings is 1. The average molecular weight is 233 g/mol. The predicted molar refractivity (Wildman–Crippen MR) is 70.9 cm³/mol. The summed E-state index contributed by atoms with van der Waals surface area (Å²) in [5, 5.41) is 4.08. The first-order valence-corrected chi connectivity index (χ1v) is 5.51. The molecule has 0 unspecified atom stereocenters. The molecule has 4 nitrogen and oxygen atoms in total. The van der Waals surface area contributed by atoms with E-state index in [1.54, 1.807) is 24.3 Å². The first-order valence-electron chi connectivity index (χ1n) is 5.51. The number of hydrogen-bond acceptors (Lipinski definition) is 3. The highest BCUT2D eigenvalue weighted by atomic mass is 16.2. The van der Waals surface area contributed by atoms with Gasteiger partial charge in [-0.2, -0.15) is 5.10 Å². The van der Waals surface area contributed by atoms with Crippen LogP contribution in [0.4, 0.5) is 5.69 Å². The van der Waals surface area contributed by atoms with Crippen LogP contribution in [0.5, 0.6) is 0 Å². The van der Waals surface area contributed by atoms with E-state index in [1.165, 1.54) is 0 Å². The number of nitrogens with one attached hydrogen (secondary N) is 1. The maximum Gasteiger partial charge on any atom is 0.271 e. The van der Waals surface area contributed by atoms with Gasteiger partial charge in [-0.25, -0.2) is 5.43 Å². The number of nitrogens with zero attached hydrogens (tertiary/aromatic N) is 1. The number of amides is 1. The van der Waals surface area contributed by atoms with E-state index < -0.39 is 0 Å². The first kappa shape index (κ1) is 13.2. The van der Waals surface area contributed by atoms with Gasteiger partial charge in [0.1, 0.15) is 0 Å². The zero-order valence-electron chi connectivity index (χ0n) is 10.7. The van der Waals surface area contributed by atoms with Crippen molar-refractivity contribution in [1.29, 1.82) is 0 Å². The maximum absolute atomic E-state index is 11.7. The van der Waals surface area contributed by atoms with Crippen LogP contribution in [0.2, 0.25) is 0 Å². The summed E-state index contributed by atoms with van der Waals surface area (Å²) in [7, 11) is 0. The molecule has 0 saturated carbocycles. The first-order chi connectivity index (χ1) is 7.80. The van der Waals surface area contributed by atoms with E-state index in [9.17, 15) is 4.79 Å². The molecule has 0 fully saturated rings. The number of hydrazone groups is 1. The summed E-state index contributed by atoms with van der Waals surface area (Å²) in [4.78, 5) is 11.7. The summed E-state index contributed by atoms with van der Waals surface area (Å²) >= 11 is 0. The van der Waals surface area contributed by atoms with Gasteiger partial charge in [-0.15, -0.1) is 0 Å². The van der Waals surface area contributed by atoms with Crippen LogP contribution in [0, 0.1) is 5.41 Å². The van der Waals surface area contributed by atoms with Crippen molar-refractivity contribution in [2.45, 2.75) is 27.7 Å². The van der Waals surface area contributed by atoms with Gasteiger partial charge in [-0.1, -0.05) is 20.8 Å². The largest absolute Gasteiger partial charge is 0.399 e. The van der Waals surface area contributed by atoms with Crippen molar-refractivity contribution in [2.24, 2.45) is 10.5 Å². The molecule has 0 aliphatic carbocycles. The lowest BCUT2D eigenvalue weighted by atomic mass is 9.91. The number of carbonyl (C=O) groups is 1. The van der Waals surface area contributed by atoms with Crippen molar-refractivity contribution in [3.63, 3.8) is 0 Å². The Morgan fingerprint density at radius 1 is 1.24 bits per heavy atom. The summed E-state index contributed by atoms with van der Waals surface area (Å²) in [6.45, 7) is 8.02. The summed E-state index contributed by atoms with van der Waals surface area (Å²) in [5.41, 5.74) is 10.1. The van der Waals surface area contributed by atoms with Crippen molar-refractivity contribution < 1.29 is 4.79 Å². The van der Waals surface area contributed by atoms with Gasteiger partial charge in [0.25, 0.3) is 5.91 Å². The van der Waals surface area contributed by atoms with Gasteiger partial charge in [0.05, 0.1) is 0 Å². The number of nitrogen functional groups attached to an aromatic ring is 1. The second kappa shape index (κ2) is 4.99. The summed E-state index contributed by atoms with van der Waals surface area (Å²) < 4.78 is 0. The monoisotopic (exact) mass is 233 g/mol. The molecule has 3 N–H and O–H groups in total. The highest BCUT2D eigenvalue weighted by Gasteiger charge is 2.14. The minimum absolute atomic E-state index is 0.0472. The van der Waals surface area contributed by atoms with Crippen molar-refractivity contribution >= 4 is 17.3 Å². The molecule has 0 bridgehead atoms. The number of anilines is 1. The van der Waals surface area contributed by atoms with Gasteiger partial charge in [-0.3, -0.25) is 4.79 Å². The van der Waals surface area contributed by atoms with Crippen LogP contribution in [0.25, 0.3) is 0 Å². The third-order valence-corrected chi connectivity index (χ3v) is 2.58. The topological polar surface area (TPSA) is 67.5 Å². The normalized spacial score (nSPS) is 12.4. The van der Waals surface area contributed by atoms with Gasteiger partial charge in [0.15, 0.2) is 0 Å². The van der Waals surface area contributed by atoms with E-state index in [4.69, 9.17) is 5.73 Å². The molecule has 1 rings (SSSR count). The van der Waals surface area contributed by atoms with Crippen LogP contribution in [0.15, 0.2) is 29.4 Å². The van der Waals surface area contributed by atoms with Crippen molar-refractivity contribution in [3.8, 4) is 0 Å². The zero-order chi connectivity index (χ0) is 13.1. The molecule has 0 heterocycles. The minimum Gasteiger partial charge on any atom is -0.399 e. The molecule has 0 aromatic heterocycles. The molecule has 1 aromatic carbocycles. The fourth-order valence-electron chi connectivity index (χ4n) is 1.00. The van der Waals surface area contributed by atoms with Crippen LogP contribution < -0.4 is 11.2 Å². The van der Waals surface area contributed by atoms with Crippen molar-refractivity contribution in [2.75, 3.05) is 5.73 Å². The standard InChI is InChI=1S/C13H19N3O/c1-9(13(2,3)4)15-16-12(17)10-5-7-11(14)8-6-10/h5-8H,14H2,1-4H3,(H,16,17)/b15-9+. The smallest absolute Gasteiger partial charge is 0.271 e. The zero-order valence-corrected chi connectivity index (χ0v) is 10.7. The summed E-state index contributed by atoms with van der Waals surface area (Å²) in [6, 6.07) is 6.73. The Hall–Kier alpha value is -1.84. The second-order valence-electron chi connectivity index (χ2n) is 5.01. The molecule has 4 heteroatoms. The highest BCUT2D eigenvalue weighted by molar-refractivity contribution is 5.96. The molecule has 0 radical (unpaired) electrons. The fourth-order valence-corrected chi connectivity index (χ4v) is 1.00. The molecule has 0 aliphatic rings. The lowest BCUT2D eigenvalue weighted by Crippen LogP contribution is -2.24. The average Bonchev–Trinajstić information content (AvgIpc) is 2.25. The fraction of sp³-hybridized carbons (Fsp3) is 0.385. The Balaban J connectivity index is 2.71. The Morgan fingerprint density at radius 2 is 1.76 bits per heavy atom. The Kier molecular flexibility index (Phi) is 3.89. The van der Waals surface area contributed by atoms with Crippen LogP contribution >= 0.6 is 0 Å². The third kappa shape index (κ3) is 3.90. The van der Waals surface area contributed by atoms with E-state index in [-0.39, 0.29) is 11.3 Å². The maximum atomic E-state index is 11.7. The molecule has 1 amide bonds. The molecule has 0 aliphatic heterocycles. The third-order valence-electron chi connectivity index (χ3n) is 2.58. The number of rotatable bonds is 2. The van der Waals surface area contributed by atoms with Crippen molar-refractivity contribution in [1.82, 2.24) is 5.43 Å². The SMILES string of the molecule is C/C(=N\NC(=O)c1ccc(N)cc1)C(C)(C)C. The molecule has 0 spiro atoms. The number of hydrogen-bond donors (Lipinski definition) is 2. The van der Waals surface area contributed by atoms with Crippen LogP contribution in [-0.2, 0) is 0 Å². The van der Waals surface area contributed by atoms with Crippen LogP contribution in [-0.4, -0.2) is 11.6 Å². The van der Waals surface area contributed by atoms with Crippen molar-refractivity contribution in [3.05, 3.63) is 29.8 Å². The van der Waals surface area contributed by atoms with Gasteiger partial charge in [0, 0.05) is 22.4 Å². The summed E-state index contributed by atoms with van der Waals surface area (Å²) in [5.74, 6) is -0.228. The molecule has 92 valence electrons. The van der Waals surface area contributed by atoms with Gasteiger partial charge in [-0.05, 0) is 31.2 Å². The molecule has 0 atom stereocenters. The lowest BCUT2D eigenvalue weighted by Gasteiger charge is -2.17. The van der Waals surface area contributed by atoms with E-state index in [2.05, 4.69) is 10.5 Å². The minimum atomic E-state index is -0.228. The molecule has 17 heavy (non-hydrogen) atoms. The van der Waals surface area contributed by atoms with Gasteiger partial charge >= 0.3 is 0 Å². The lowest BCUT2D eigenvalue weighted by molar-refractivity contribution is 0.0954. The molecular formula is C13H19N3O. The predicted octanol–water partition coefficient (Wildman–Crippen LogP) is 2.42. The highest BCUT2D eigenvalue weighted by Crippen LogP contribution is 2.15. The van der Waals surface area contributed by atoms with Crippen LogP contribution in [0.1, 0.15) is 38.1 Å². The number of carbonyl (C=O) groups excluding carboxylic acids is 1. The number of nitrogens with two attached hydrogens (primary N) is 1. The Labute approximate surface area is 102 Å². The van der Waals surface area contributed by atoms with E-state index in [1.807, 2.05) is 27.7 Å². The van der Waals surface area contributed by atoms with Crippen LogP contribution in [0.3, 0.4) is 0 Å². The van der Waals surface area contributed by atoms with E-state index in [0.29, 0.717) is 11.3 Å². The Bertz CT molecular complexity index is 427. The molecular weight excluding hydrogens is 214 g/mol. The van der Waals surface area contributed by atoms with E-state index >= 15 is 0 Å². The van der Waals surface area contributed by atoms with E-state index in [0.717, 1.165) is 5.71 Å². The van der Waals surface area contributed by atoms with Gasteiger partial charge in [0.2, 0.25) is 0 Å². The molecule has 1 aromatic rings. The quantitative estimate of drug-likeness (QED) is 0.468. The summed E-state index contributed by atoms with van der Waals surface area (Å²) in [6.07, 6.45) is 0.